The maximum Gasteiger partial charge on any atom is 0.152 e. The smallest absolute Gasteiger partial charge is 0.152 e. The van der Waals surface area contributed by atoms with Gasteiger partial charge in [-0.2, -0.15) is 0 Å². The van der Waals surface area contributed by atoms with Crippen LogP contribution in [0.5, 0.6) is 0 Å². The van der Waals surface area contributed by atoms with Crippen molar-refractivity contribution in [1.29, 1.82) is 5.41 Å². The second-order valence-corrected chi connectivity index (χ2v) is 3.84. The van der Waals surface area contributed by atoms with Crippen LogP contribution >= 0.6 is 0 Å². The quantitative estimate of drug-likeness (QED) is 0.706. The number of rotatable bonds is 1. The number of carbonyl (C=O) groups excluding carboxylic acids is 1. The second-order valence-electron chi connectivity index (χ2n) is 3.84. The van der Waals surface area contributed by atoms with E-state index in [0.29, 0.717) is 11.3 Å². The van der Waals surface area contributed by atoms with Crippen LogP contribution in [0, 0.1) is 5.41 Å². The van der Waals surface area contributed by atoms with E-state index >= 15 is 0 Å². The zero-order valence-electron chi connectivity index (χ0n) is 8.53. The molecule has 3 rings (SSSR count). The first-order valence-corrected chi connectivity index (χ1v) is 5.09. The molecule has 0 saturated carbocycles. The number of benzene rings is 1. The molecule has 76 valence electrons. The molecule has 2 aliphatic rings. The van der Waals surface area contributed by atoms with E-state index in [0.717, 1.165) is 28.6 Å². The van der Waals surface area contributed by atoms with E-state index in [9.17, 15) is 4.79 Å². The maximum absolute atomic E-state index is 10.8. The van der Waals surface area contributed by atoms with E-state index in [4.69, 9.17) is 5.41 Å². The van der Waals surface area contributed by atoms with Crippen molar-refractivity contribution in [3.8, 4) is 0 Å². The molecule has 0 unspecified atom stereocenters. The Bertz CT molecular complexity index is 603. The minimum Gasteiger partial charge on any atom is -0.299 e. The fourth-order valence-electron chi connectivity index (χ4n) is 2.14. The molecular weight excluding hydrogens is 198 g/mol. The van der Waals surface area contributed by atoms with E-state index < -0.39 is 0 Å². The van der Waals surface area contributed by atoms with Gasteiger partial charge in [0, 0.05) is 11.1 Å². The Morgan fingerprint density at radius 1 is 1.06 bits per heavy atom. The summed E-state index contributed by atoms with van der Waals surface area (Å²) in [5, 5.41) is 7.94. The average Bonchev–Trinajstić information content (AvgIpc) is 2.69. The molecule has 0 fully saturated rings. The van der Waals surface area contributed by atoms with Gasteiger partial charge in [0.25, 0.3) is 0 Å². The number of hydrogen-bond acceptors (Lipinski definition) is 2. The van der Waals surface area contributed by atoms with Crippen LogP contribution in [0.3, 0.4) is 0 Å². The molecule has 0 radical (unpaired) electrons. The predicted octanol–water partition coefficient (Wildman–Crippen LogP) is 2.63. The third kappa shape index (κ3) is 1.07. The Morgan fingerprint density at radius 2 is 1.88 bits per heavy atom. The number of allylic oxidation sites excluding steroid dienone is 5. The maximum atomic E-state index is 10.8. The number of hydrogen-bond donors (Lipinski definition) is 1. The molecule has 0 atom stereocenters. The van der Waals surface area contributed by atoms with E-state index in [2.05, 4.69) is 0 Å². The first kappa shape index (κ1) is 9.04. The lowest BCUT2D eigenvalue weighted by atomic mass is 9.91. The third-order valence-corrected chi connectivity index (χ3v) is 2.96. The summed E-state index contributed by atoms with van der Waals surface area (Å²) in [7, 11) is 0. The summed E-state index contributed by atoms with van der Waals surface area (Å²) in [6.07, 6.45) is 6.34. The van der Waals surface area contributed by atoms with Crippen LogP contribution in [-0.2, 0) is 4.79 Å². The van der Waals surface area contributed by atoms with Crippen molar-refractivity contribution in [2.24, 2.45) is 0 Å². The minimum atomic E-state index is 0.323. The molecule has 0 heterocycles. The SMILES string of the molecule is N=C1C(C=O)=CC=C2C1=Cc1ccccc12. The van der Waals surface area contributed by atoms with Crippen LogP contribution in [-0.4, -0.2) is 12.0 Å². The van der Waals surface area contributed by atoms with Crippen LogP contribution in [0.2, 0.25) is 0 Å². The van der Waals surface area contributed by atoms with Crippen LogP contribution in [0.1, 0.15) is 11.1 Å². The Hall–Kier alpha value is -2.22. The van der Waals surface area contributed by atoms with Crippen LogP contribution in [0.15, 0.2) is 47.6 Å². The molecule has 0 saturated heterocycles. The van der Waals surface area contributed by atoms with Gasteiger partial charge < -0.3 is 0 Å². The minimum absolute atomic E-state index is 0.323. The summed E-state index contributed by atoms with van der Waals surface area (Å²) < 4.78 is 0. The highest BCUT2D eigenvalue weighted by Gasteiger charge is 2.25. The lowest BCUT2D eigenvalue weighted by Gasteiger charge is -2.12. The van der Waals surface area contributed by atoms with E-state index in [-0.39, 0.29) is 0 Å². The number of aldehydes is 1. The van der Waals surface area contributed by atoms with Gasteiger partial charge in [0.15, 0.2) is 6.29 Å². The van der Waals surface area contributed by atoms with E-state index in [1.165, 1.54) is 0 Å². The van der Waals surface area contributed by atoms with Gasteiger partial charge in [0.1, 0.15) is 0 Å². The van der Waals surface area contributed by atoms with Gasteiger partial charge in [-0.15, -0.1) is 0 Å². The molecule has 0 aliphatic heterocycles. The molecule has 1 N–H and O–H groups in total. The summed E-state index contributed by atoms with van der Waals surface area (Å²) >= 11 is 0. The van der Waals surface area contributed by atoms with Crippen molar-refractivity contribution < 1.29 is 4.79 Å². The number of carbonyl (C=O) groups is 1. The van der Waals surface area contributed by atoms with Crippen LogP contribution in [0.4, 0.5) is 0 Å². The summed E-state index contributed by atoms with van der Waals surface area (Å²) in [6.45, 7) is 0. The normalized spacial score (nSPS) is 17.0. The standard InChI is InChI=1S/C14H9NO/c15-14-10(8-16)5-6-12-11-4-2-1-3-9(11)7-13(12)14/h1-8,15H. The first-order chi connectivity index (χ1) is 7.81. The zero-order chi connectivity index (χ0) is 11.1. The van der Waals surface area contributed by atoms with Crippen molar-refractivity contribution in [3.63, 3.8) is 0 Å². The Labute approximate surface area is 93.1 Å². The Balaban J connectivity index is 2.23. The number of nitrogens with one attached hydrogen (secondary N) is 1. The lowest BCUT2D eigenvalue weighted by molar-refractivity contribution is -0.104. The lowest BCUT2D eigenvalue weighted by Crippen LogP contribution is -2.09. The summed E-state index contributed by atoms with van der Waals surface area (Å²) in [6, 6.07) is 8.03. The van der Waals surface area contributed by atoms with Gasteiger partial charge in [-0.1, -0.05) is 30.3 Å². The monoisotopic (exact) mass is 207 g/mol. The van der Waals surface area contributed by atoms with E-state index in [1.54, 1.807) is 6.08 Å². The third-order valence-electron chi connectivity index (χ3n) is 2.96. The molecule has 1 aromatic carbocycles. The van der Waals surface area contributed by atoms with Crippen LogP contribution in [0.25, 0.3) is 11.6 Å². The Morgan fingerprint density at radius 3 is 2.69 bits per heavy atom. The summed E-state index contributed by atoms with van der Waals surface area (Å²) in [4.78, 5) is 10.8. The highest BCUT2D eigenvalue weighted by Crippen LogP contribution is 2.38. The molecule has 1 aromatic rings. The van der Waals surface area contributed by atoms with Crippen molar-refractivity contribution in [2.45, 2.75) is 0 Å². The van der Waals surface area contributed by atoms with Crippen molar-refractivity contribution in [2.75, 3.05) is 0 Å². The van der Waals surface area contributed by atoms with Crippen LogP contribution < -0.4 is 0 Å². The van der Waals surface area contributed by atoms with Crippen molar-refractivity contribution in [3.05, 3.63) is 58.7 Å². The van der Waals surface area contributed by atoms with Crippen molar-refractivity contribution in [1.82, 2.24) is 0 Å². The van der Waals surface area contributed by atoms with Gasteiger partial charge >= 0.3 is 0 Å². The molecule has 2 nitrogen and oxygen atoms in total. The molecule has 0 amide bonds. The first-order valence-electron chi connectivity index (χ1n) is 5.09. The highest BCUT2D eigenvalue weighted by molar-refractivity contribution is 6.32. The van der Waals surface area contributed by atoms with Gasteiger partial charge in [-0.25, -0.2) is 0 Å². The van der Waals surface area contributed by atoms with Gasteiger partial charge in [-0.05, 0) is 28.9 Å². The van der Waals surface area contributed by atoms with Gasteiger partial charge in [0.05, 0.1) is 5.71 Å². The zero-order valence-corrected chi connectivity index (χ0v) is 8.53. The predicted molar refractivity (Wildman–Crippen MR) is 64.3 cm³/mol. The highest BCUT2D eigenvalue weighted by atomic mass is 16.1. The molecule has 0 bridgehead atoms. The summed E-state index contributed by atoms with van der Waals surface area (Å²) in [5.74, 6) is 0. The molecule has 16 heavy (non-hydrogen) atoms. The topological polar surface area (TPSA) is 40.9 Å². The largest absolute Gasteiger partial charge is 0.299 e. The molecule has 0 spiro atoms. The second kappa shape index (κ2) is 3.14. The average molecular weight is 207 g/mol. The van der Waals surface area contributed by atoms with Crippen molar-refractivity contribution >= 4 is 23.6 Å². The number of fused-ring (bicyclic) bond motifs is 3. The fraction of sp³-hybridized carbons (Fsp3) is 0. The molecule has 0 aromatic heterocycles. The van der Waals surface area contributed by atoms with E-state index in [1.807, 2.05) is 36.4 Å². The fourth-order valence-corrected chi connectivity index (χ4v) is 2.14. The summed E-state index contributed by atoms with van der Waals surface area (Å²) in [5.41, 5.74) is 4.93. The van der Waals surface area contributed by atoms with Gasteiger partial charge in [0.2, 0.25) is 0 Å². The Kier molecular flexibility index (Phi) is 1.77. The molecule has 2 aliphatic carbocycles. The molecule has 2 heteroatoms. The van der Waals surface area contributed by atoms with Gasteiger partial charge in [-0.3, -0.25) is 10.2 Å². The molecular formula is C14H9NO.